The summed E-state index contributed by atoms with van der Waals surface area (Å²) < 4.78 is 0. The van der Waals surface area contributed by atoms with Gasteiger partial charge in [-0.1, -0.05) is 54.6 Å². The van der Waals surface area contributed by atoms with Crippen molar-refractivity contribution in [1.29, 1.82) is 0 Å². The lowest BCUT2D eigenvalue weighted by Crippen LogP contribution is -2.43. The van der Waals surface area contributed by atoms with Crippen LogP contribution in [0.25, 0.3) is 0 Å². The Morgan fingerprint density at radius 1 is 1.21 bits per heavy atom. The largest absolute Gasteiger partial charge is 0.387 e. The van der Waals surface area contributed by atoms with E-state index in [0.29, 0.717) is 11.5 Å². The van der Waals surface area contributed by atoms with Crippen LogP contribution < -0.4 is 10.2 Å². The van der Waals surface area contributed by atoms with Crippen molar-refractivity contribution in [1.82, 2.24) is 0 Å². The molecule has 2 aromatic rings. The Kier molecular flexibility index (Phi) is 6.97. The fraction of sp³-hybridized carbons (Fsp3) is 0.424. The zero-order chi connectivity index (χ0) is 27.5. The van der Waals surface area contributed by atoms with Crippen molar-refractivity contribution in [2.24, 2.45) is 0 Å². The predicted octanol–water partition coefficient (Wildman–Crippen LogP) is 7.90. The predicted molar refractivity (Wildman–Crippen MR) is 163 cm³/mol. The van der Waals surface area contributed by atoms with Gasteiger partial charge in [0, 0.05) is 33.3 Å². The van der Waals surface area contributed by atoms with Crippen molar-refractivity contribution in [3.05, 3.63) is 87.5 Å². The fourth-order valence-corrected chi connectivity index (χ4v) is 8.43. The molecule has 0 bridgehead atoms. The van der Waals surface area contributed by atoms with Crippen LogP contribution in [0, 0.1) is 0 Å². The van der Waals surface area contributed by atoms with E-state index in [1.54, 1.807) is 0 Å². The molecule has 4 unspecified atom stereocenters. The number of thioether (sulfide) groups is 1. The van der Waals surface area contributed by atoms with Crippen molar-refractivity contribution in [2.75, 3.05) is 16.8 Å². The molecule has 2 aromatic carbocycles. The highest BCUT2D eigenvalue weighted by Gasteiger charge is 2.45. The van der Waals surface area contributed by atoms with Crippen LogP contribution in [0.4, 0.5) is 11.4 Å². The molecule has 6 rings (SSSR count). The van der Waals surface area contributed by atoms with Gasteiger partial charge in [-0.2, -0.15) is 0 Å². The van der Waals surface area contributed by atoms with Crippen LogP contribution in [0.5, 0.6) is 0 Å². The fourth-order valence-electron chi connectivity index (χ4n) is 6.78. The van der Waals surface area contributed by atoms with Gasteiger partial charge in [0.1, 0.15) is 0 Å². The number of ketones is 1. The zero-order valence-electron chi connectivity index (χ0n) is 23.1. The average molecular weight is 561 g/mol. The number of halogens is 1. The highest BCUT2D eigenvalue weighted by Crippen LogP contribution is 2.47. The molecule has 4 nitrogen and oxygen atoms in total. The van der Waals surface area contributed by atoms with Crippen LogP contribution in [-0.2, 0) is 4.79 Å². The number of carbonyl (C=O) groups excluding carboxylic acids is 1. The molecular formula is C33H37ClN2O2S. The Hall–Kier alpha value is -2.47. The summed E-state index contributed by atoms with van der Waals surface area (Å²) in [6.07, 6.45) is 7.11. The van der Waals surface area contributed by atoms with Crippen molar-refractivity contribution in [3.8, 4) is 0 Å². The summed E-state index contributed by atoms with van der Waals surface area (Å²) in [7, 11) is 0. The number of anilines is 2. The third kappa shape index (κ3) is 4.77. The molecule has 0 aromatic heterocycles. The number of allylic oxidation sites excluding steroid dienone is 4. The molecule has 1 fully saturated rings. The van der Waals surface area contributed by atoms with Gasteiger partial charge in [-0.15, -0.1) is 0 Å². The topological polar surface area (TPSA) is 52.6 Å². The Bertz CT molecular complexity index is 1420. The number of para-hydroxylation sites is 1. The Morgan fingerprint density at radius 2 is 2.00 bits per heavy atom. The highest BCUT2D eigenvalue weighted by atomic mass is 35.5. The SMILES string of the molecule is CCN1c2ccccc2SC1C=C1CCCC(C=C2C(=O)C(c3ccc4c(c3)C(C)CC(C)(C)N4)C2O)=C1Cl. The van der Waals surface area contributed by atoms with Crippen LogP contribution in [0.15, 0.2) is 81.3 Å². The number of fused-ring (bicyclic) bond motifs is 2. The monoisotopic (exact) mass is 560 g/mol. The van der Waals surface area contributed by atoms with Gasteiger partial charge in [-0.05, 0) is 105 Å². The molecule has 204 valence electrons. The Balaban J connectivity index is 1.23. The molecule has 2 heterocycles. The number of Topliss-reactive ketones (excluding diaryl/α,β-unsaturated/α-hetero) is 1. The smallest absolute Gasteiger partial charge is 0.171 e. The van der Waals surface area contributed by atoms with Gasteiger partial charge < -0.3 is 15.3 Å². The molecule has 0 spiro atoms. The van der Waals surface area contributed by atoms with E-state index in [-0.39, 0.29) is 16.7 Å². The number of benzene rings is 2. The third-order valence-corrected chi connectivity index (χ3v) is 10.4. The second-order valence-corrected chi connectivity index (χ2v) is 13.5. The van der Waals surface area contributed by atoms with Crippen LogP contribution in [0.3, 0.4) is 0 Å². The number of carbonyl (C=O) groups is 1. The summed E-state index contributed by atoms with van der Waals surface area (Å²) in [5.74, 6) is -0.108. The molecule has 0 saturated heterocycles. The van der Waals surface area contributed by atoms with E-state index < -0.39 is 12.0 Å². The van der Waals surface area contributed by atoms with Gasteiger partial charge in [-0.3, -0.25) is 4.79 Å². The van der Waals surface area contributed by atoms with E-state index in [2.05, 4.69) is 80.4 Å². The van der Waals surface area contributed by atoms with Gasteiger partial charge in [0.15, 0.2) is 5.78 Å². The summed E-state index contributed by atoms with van der Waals surface area (Å²) in [4.78, 5) is 17.0. The van der Waals surface area contributed by atoms with E-state index in [9.17, 15) is 9.90 Å². The van der Waals surface area contributed by atoms with Crippen LogP contribution >= 0.6 is 23.4 Å². The summed E-state index contributed by atoms with van der Waals surface area (Å²) in [6, 6.07) is 14.7. The maximum atomic E-state index is 13.3. The van der Waals surface area contributed by atoms with Crippen molar-refractivity contribution in [3.63, 3.8) is 0 Å². The summed E-state index contributed by atoms with van der Waals surface area (Å²) in [5, 5.41) is 15.7. The number of hydrogen-bond acceptors (Lipinski definition) is 5. The first-order valence-corrected chi connectivity index (χ1v) is 15.4. The number of hydrogen-bond donors (Lipinski definition) is 2. The normalized spacial score (nSPS) is 29.8. The first kappa shape index (κ1) is 26.7. The van der Waals surface area contributed by atoms with E-state index >= 15 is 0 Å². The highest BCUT2D eigenvalue weighted by molar-refractivity contribution is 8.00. The average Bonchev–Trinajstić information content (AvgIpc) is 3.26. The molecule has 1 saturated carbocycles. The minimum Gasteiger partial charge on any atom is -0.387 e. The third-order valence-electron chi connectivity index (χ3n) is 8.66. The van der Waals surface area contributed by atoms with Crippen molar-refractivity contribution in [2.45, 2.75) is 87.1 Å². The summed E-state index contributed by atoms with van der Waals surface area (Å²) in [6.45, 7) is 9.78. The molecule has 2 aliphatic carbocycles. The summed E-state index contributed by atoms with van der Waals surface area (Å²) >= 11 is 8.82. The van der Waals surface area contributed by atoms with Crippen molar-refractivity contribution >= 4 is 40.5 Å². The molecule has 39 heavy (non-hydrogen) atoms. The van der Waals surface area contributed by atoms with Crippen LogP contribution in [-0.4, -0.2) is 34.5 Å². The van der Waals surface area contributed by atoms with Crippen LogP contribution in [0.2, 0.25) is 0 Å². The van der Waals surface area contributed by atoms with Gasteiger partial charge in [0.2, 0.25) is 0 Å². The minimum absolute atomic E-state index is 0.00577. The van der Waals surface area contributed by atoms with Gasteiger partial charge >= 0.3 is 0 Å². The zero-order valence-corrected chi connectivity index (χ0v) is 24.7. The van der Waals surface area contributed by atoms with Gasteiger partial charge in [0.25, 0.3) is 0 Å². The lowest BCUT2D eigenvalue weighted by Gasteiger charge is -2.39. The van der Waals surface area contributed by atoms with E-state index in [0.717, 1.165) is 59.7 Å². The number of aliphatic hydroxyl groups is 1. The second kappa shape index (κ2) is 10.2. The van der Waals surface area contributed by atoms with Gasteiger partial charge in [0.05, 0.1) is 23.1 Å². The molecule has 2 N–H and O–H groups in total. The maximum absolute atomic E-state index is 13.3. The lowest BCUT2D eigenvalue weighted by atomic mass is 9.69. The Labute approximate surface area is 241 Å². The maximum Gasteiger partial charge on any atom is 0.171 e. The molecule has 4 aliphatic rings. The van der Waals surface area contributed by atoms with Crippen molar-refractivity contribution < 1.29 is 9.90 Å². The molecular weight excluding hydrogens is 524 g/mol. The number of likely N-dealkylation sites (N-methyl/N-ethyl adjacent to an activating group) is 1. The molecule has 4 atom stereocenters. The summed E-state index contributed by atoms with van der Waals surface area (Å²) in [5.41, 5.74) is 7.16. The first-order valence-electron chi connectivity index (χ1n) is 14.1. The number of aliphatic hydroxyl groups excluding tert-OH is 1. The second-order valence-electron chi connectivity index (χ2n) is 12.0. The molecule has 6 heteroatoms. The molecule has 2 aliphatic heterocycles. The standard InChI is InChI=1S/C33H37ClN2O2S/c1-5-36-26-11-6-7-12-27(26)39-28(36)17-22-10-8-9-21(30(22)34)16-24-31(37)29(32(24)38)20-13-14-25-23(15-20)19(2)18-33(3,4)35-25/h6-7,11-17,19,28-29,31,35,37H,5,8-10,18H2,1-4H3. The molecule has 0 radical (unpaired) electrons. The van der Waals surface area contributed by atoms with Gasteiger partial charge in [-0.25, -0.2) is 0 Å². The van der Waals surface area contributed by atoms with Crippen LogP contribution in [0.1, 0.15) is 76.3 Å². The van der Waals surface area contributed by atoms with E-state index in [1.165, 1.54) is 16.1 Å². The molecule has 0 amide bonds. The van der Waals surface area contributed by atoms with E-state index in [1.807, 2.05) is 23.9 Å². The van der Waals surface area contributed by atoms with E-state index in [4.69, 9.17) is 11.6 Å². The minimum atomic E-state index is -0.805. The number of nitrogens with zero attached hydrogens (tertiary/aromatic N) is 1. The quantitative estimate of drug-likeness (QED) is 0.372. The lowest BCUT2D eigenvalue weighted by molar-refractivity contribution is -0.125. The first-order chi connectivity index (χ1) is 18.7. The Morgan fingerprint density at radius 3 is 2.77 bits per heavy atom. The number of rotatable bonds is 4. The number of nitrogens with one attached hydrogen (secondary N) is 1.